The number of nitrogens with zero attached hydrogens (tertiary/aromatic N) is 3. The number of ether oxygens (including phenoxy) is 1. The summed E-state index contributed by atoms with van der Waals surface area (Å²) in [5.41, 5.74) is 0. The van der Waals surface area contributed by atoms with Gasteiger partial charge in [0.15, 0.2) is 8.32 Å². The van der Waals surface area contributed by atoms with Gasteiger partial charge in [-0.25, -0.2) is 9.67 Å². The summed E-state index contributed by atoms with van der Waals surface area (Å²) in [5.74, 6) is 0. The second-order valence-corrected chi connectivity index (χ2v) is 8.33. The second kappa shape index (κ2) is 4.67. The van der Waals surface area contributed by atoms with E-state index in [4.69, 9.17) is 9.16 Å². The smallest absolute Gasteiger partial charge is 0.251 e. The summed E-state index contributed by atoms with van der Waals surface area (Å²) in [6, 6.07) is 0. The molecule has 1 rings (SSSR count). The molecule has 1 unspecified atom stereocenters. The normalized spacial score (nSPS) is 14.3. The Morgan fingerprint density at radius 3 is 2.57 bits per heavy atom. The van der Waals surface area contributed by atoms with Gasteiger partial charge in [-0.05, 0) is 26.6 Å². The van der Waals surface area contributed by atoms with Crippen molar-refractivity contribution in [3.63, 3.8) is 0 Å². The monoisotopic (exact) mass is 215 g/mol. The van der Waals surface area contributed by atoms with Crippen LogP contribution in [0.15, 0.2) is 12.7 Å². The fourth-order valence-corrected chi connectivity index (χ4v) is 1.72. The van der Waals surface area contributed by atoms with E-state index in [1.165, 1.54) is 6.33 Å². The standard InChI is InChI=1S/C8H17N3O2Si/c1-5-12-8(13-14(2,3)4)11-7-9-6-10-11/h6-8H,5H2,1-4H3. The van der Waals surface area contributed by atoms with Gasteiger partial charge in [-0.15, -0.1) is 0 Å². The van der Waals surface area contributed by atoms with Crippen LogP contribution in [0, 0.1) is 0 Å². The first-order valence-electron chi connectivity index (χ1n) is 4.66. The van der Waals surface area contributed by atoms with Crippen molar-refractivity contribution >= 4 is 8.32 Å². The predicted octanol–water partition coefficient (Wildman–Crippen LogP) is 1.62. The van der Waals surface area contributed by atoms with Crippen molar-refractivity contribution in [2.24, 2.45) is 0 Å². The van der Waals surface area contributed by atoms with Gasteiger partial charge >= 0.3 is 0 Å². The van der Waals surface area contributed by atoms with E-state index >= 15 is 0 Å². The Bertz CT molecular complexity index is 258. The Morgan fingerprint density at radius 2 is 2.14 bits per heavy atom. The zero-order valence-corrected chi connectivity index (χ0v) is 10.1. The van der Waals surface area contributed by atoms with Crippen molar-refractivity contribution in [1.29, 1.82) is 0 Å². The molecule has 0 amide bonds. The summed E-state index contributed by atoms with van der Waals surface area (Å²) in [7, 11) is -1.63. The van der Waals surface area contributed by atoms with Gasteiger partial charge in [0.25, 0.3) is 6.41 Å². The van der Waals surface area contributed by atoms with Gasteiger partial charge in [0.1, 0.15) is 12.7 Å². The van der Waals surface area contributed by atoms with Crippen molar-refractivity contribution < 1.29 is 9.16 Å². The van der Waals surface area contributed by atoms with Crippen molar-refractivity contribution in [1.82, 2.24) is 14.8 Å². The third-order valence-electron chi connectivity index (χ3n) is 1.42. The number of hydrogen-bond donors (Lipinski definition) is 0. The van der Waals surface area contributed by atoms with E-state index in [0.29, 0.717) is 6.61 Å². The molecule has 0 spiro atoms. The van der Waals surface area contributed by atoms with Gasteiger partial charge in [0, 0.05) is 6.61 Å². The zero-order valence-electron chi connectivity index (χ0n) is 9.10. The lowest BCUT2D eigenvalue weighted by Crippen LogP contribution is -2.32. The molecule has 0 saturated carbocycles. The predicted molar refractivity (Wildman–Crippen MR) is 55.1 cm³/mol. The maximum Gasteiger partial charge on any atom is 0.251 e. The van der Waals surface area contributed by atoms with E-state index in [0.717, 1.165) is 0 Å². The average molecular weight is 215 g/mol. The minimum Gasteiger partial charge on any atom is -0.376 e. The second-order valence-electron chi connectivity index (χ2n) is 3.87. The van der Waals surface area contributed by atoms with Crippen LogP contribution in [0.2, 0.25) is 19.6 Å². The zero-order chi connectivity index (χ0) is 10.6. The van der Waals surface area contributed by atoms with Crippen LogP contribution in [0.25, 0.3) is 0 Å². The molecule has 0 aromatic carbocycles. The molecule has 1 heterocycles. The van der Waals surface area contributed by atoms with Gasteiger partial charge in [-0.3, -0.25) is 0 Å². The number of rotatable bonds is 5. The number of hydrogen-bond acceptors (Lipinski definition) is 4. The highest BCUT2D eigenvalue weighted by Gasteiger charge is 2.22. The highest BCUT2D eigenvalue weighted by atomic mass is 28.4. The third kappa shape index (κ3) is 3.57. The molecule has 0 N–H and O–H groups in total. The van der Waals surface area contributed by atoms with Gasteiger partial charge in [-0.2, -0.15) is 5.10 Å². The molecule has 0 fully saturated rings. The summed E-state index contributed by atoms with van der Waals surface area (Å²) < 4.78 is 12.8. The van der Waals surface area contributed by atoms with Crippen LogP contribution in [0.1, 0.15) is 13.3 Å². The van der Waals surface area contributed by atoms with Gasteiger partial charge in [0.2, 0.25) is 0 Å². The average Bonchev–Trinajstić information content (AvgIpc) is 2.52. The molecular formula is C8H17N3O2Si. The highest BCUT2D eigenvalue weighted by molar-refractivity contribution is 6.69. The maximum atomic E-state index is 5.80. The summed E-state index contributed by atoms with van der Waals surface area (Å²) >= 11 is 0. The lowest BCUT2D eigenvalue weighted by molar-refractivity contribution is -0.142. The van der Waals surface area contributed by atoms with Gasteiger partial charge in [0.05, 0.1) is 0 Å². The van der Waals surface area contributed by atoms with E-state index in [1.54, 1.807) is 11.0 Å². The minimum atomic E-state index is -1.63. The first kappa shape index (κ1) is 11.4. The summed E-state index contributed by atoms with van der Waals surface area (Å²) in [6.45, 7) is 8.84. The molecule has 14 heavy (non-hydrogen) atoms. The van der Waals surface area contributed by atoms with Gasteiger partial charge in [-0.1, -0.05) is 0 Å². The fraction of sp³-hybridized carbons (Fsp3) is 0.750. The number of aromatic nitrogens is 3. The first-order chi connectivity index (χ1) is 6.53. The SMILES string of the molecule is CCOC(O[Si](C)(C)C)n1cncn1. The van der Waals surface area contributed by atoms with E-state index in [-0.39, 0.29) is 0 Å². The Hall–Kier alpha value is -0.723. The van der Waals surface area contributed by atoms with Crippen LogP contribution in [0.5, 0.6) is 0 Å². The summed E-state index contributed by atoms with van der Waals surface area (Å²) in [6.07, 6.45) is 2.63. The summed E-state index contributed by atoms with van der Waals surface area (Å²) in [5, 5.41) is 4.00. The van der Waals surface area contributed by atoms with E-state index in [1.807, 2.05) is 6.92 Å². The molecule has 1 aromatic rings. The Kier molecular flexibility index (Phi) is 3.79. The molecule has 0 radical (unpaired) electrons. The largest absolute Gasteiger partial charge is 0.376 e. The minimum absolute atomic E-state index is 0.436. The Balaban J connectivity index is 2.65. The fourth-order valence-electron chi connectivity index (χ4n) is 0.936. The van der Waals surface area contributed by atoms with Crippen LogP contribution in [0.4, 0.5) is 0 Å². The quantitative estimate of drug-likeness (QED) is 0.553. The van der Waals surface area contributed by atoms with Crippen molar-refractivity contribution in [2.45, 2.75) is 33.0 Å². The lowest BCUT2D eigenvalue weighted by Gasteiger charge is -2.25. The van der Waals surface area contributed by atoms with Crippen LogP contribution in [-0.2, 0) is 9.16 Å². The third-order valence-corrected chi connectivity index (χ3v) is 2.32. The van der Waals surface area contributed by atoms with E-state index < -0.39 is 14.7 Å². The highest BCUT2D eigenvalue weighted by Crippen LogP contribution is 2.15. The molecule has 5 nitrogen and oxygen atoms in total. The molecule has 0 aliphatic rings. The Labute approximate surface area is 85.2 Å². The van der Waals surface area contributed by atoms with Crippen LogP contribution >= 0.6 is 0 Å². The molecular weight excluding hydrogens is 198 g/mol. The molecule has 1 atom stereocenters. The van der Waals surface area contributed by atoms with Crippen LogP contribution < -0.4 is 0 Å². The molecule has 0 saturated heterocycles. The van der Waals surface area contributed by atoms with Crippen molar-refractivity contribution in [2.75, 3.05) is 6.61 Å². The maximum absolute atomic E-state index is 5.80. The molecule has 6 heteroatoms. The summed E-state index contributed by atoms with van der Waals surface area (Å²) in [4.78, 5) is 3.86. The topological polar surface area (TPSA) is 49.2 Å². The molecule has 0 aliphatic heterocycles. The molecule has 0 aliphatic carbocycles. The van der Waals surface area contributed by atoms with Crippen LogP contribution in [-0.4, -0.2) is 29.7 Å². The Morgan fingerprint density at radius 1 is 1.43 bits per heavy atom. The van der Waals surface area contributed by atoms with E-state index in [9.17, 15) is 0 Å². The lowest BCUT2D eigenvalue weighted by atomic mass is 10.8. The first-order valence-corrected chi connectivity index (χ1v) is 8.07. The molecule has 0 bridgehead atoms. The van der Waals surface area contributed by atoms with Crippen molar-refractivity contribution in [3.05, 3.63) is 12.7 Å². The molecule has 1 aromatic heterocycles. The van der Waals surface area contributed by atoms with E-state index in [2.05, 4.69) is 29.7 Å². The van der Waals surface area contributed by atoms with Crippen LogP contribution in [0.3, 0.4) is 0 Å². The molecule has 80 valence electrons. The van der Waals surface area contributed by atoms with Crippen molar-refractivity contribution in [3.8, 4) is 0 Å². The van der Waals surface area contributed by atoms with Gasteiger partial charge < -0.3 is 9.16 Å².